The summed E-state index contributed by atoms with van der Waals surface area (Å²) in [5, 5.41) is 16.1. The fourth-order valence-corrected chi connectivity index (χ4v) is 4.08. The van der Waals surface area contributed by atoms with Gasteiger partial charge in [0.05, 0.1) is 5.69 Å². The van der Waals surface area contributed by atoms with Crippen molar-refractivity contribution in [2.45, 2.75) is 13.8 Å². The fourth-order valence-electron chi connectivity index (χ4n) is 4.08. The van der Waals surface area contributed by atoms with Gasteiger partial charge in [-0.05, 0) is 62.4 Å². The molecular formula is C28H27N7O2. The molecule has 0 spiro atoms. The Morgan fingerprint density at radius 2 is 1.78 bits per heavy atom. The maximum Gasteiger partial charge on any atom is 0.262 e. The first-order valence-corrected chi connectivity index (χ1v) is 12.2. The van der Waals surface area contributed by atoms with Crippen molar-refractivity contribution in [1.82, 2.24) is 24.8 Å². The van der Waals surface area contributed by atoms with Gasteiger partial charge in [0.25, 0.3) is 5.91 Å². The molecule has 186 valence electrons. The van der Waals surface area contributed by atoms with Crippen molar-refractivity contribution in [3.8, 4) is 28.4 Å². The van der Waals surface area contributed by atoms with Gasteiger partial charge in [-0.2, -0.15) is 9.61 Å². The third-order valence-corrected chi connectivity index (χ3v) is 5.94. The number of ether oxygens (including phenoxy) is 1. The Kier molecular flexibility index (Phi) is 7.02. The van der Waals surface area contributed by atoms with E-state index in [0.717, 1.165) is 35.6 Å². The van der Waals surface area contributed by atoms with Crippen molar-refractivity contribution >= 4 is 22.9 Å². The van der Waals surface area contributed by atoms with Crippen LogP contribution >= 0.6 is 0 Å². The first-order chi connectivity index (χ1) is 18.1. The largest absolute Gasteiger partial charge is 0.484 e. The number of fused-ring (bicyclic) bond motifs is 1. The number of aromatic nitrogens is 5. The van der Waals surface area contributed by atoms with Crippen molar-refractivity contribution in [3.05, 3.63) is 85.2 Å². The Hall–Kier alpha value is -4.79. The average molecular weight is 494 g/mol. The normalized spacial score (nSPS) is 10.9. The molecule has 0 aliphatic rings. The molecule has 9 nitrogen and oxygen atoms in total. The van der Waals surface area contributed by atoms with E-state index < -0.39 is 0 Å². The molecule has 1 amide bonds. The maximum atomic E-state index is 12.6. The minimum Gasteiger partial charge on any atom is -0.484 e. The summed E-state index contributed by atoms with van der Waals surface area (Å²) in [6.07, 6.45) is 3.43. The van der Waals surface area contributed by atoms with Crippen molar-refractivity contribution in [2.24, 2.45) is 0 Å². The van der Waals surface area contributed by atoms with Crippen LogP contribution in [0.3, 0.4) is 0 Å². The van der Waals surface area contributed by atoms with Crippen LogP contribution in [-0.2, 0) is 4.79 Å². The molecule has 0 saturated carbocycles. The molecule has 37 heavy (non-hydrogen) atoms. The average Bonchev–Trinajstić information content (AvgIpc) is 3.37. The Morgan fingerprint density at radius 3 is 2.59 bits per heavy atom. The smallest absolute Gasteiger partial charge is 0.262 e. The minimum atomic E-state index is -0.244. The van der Waals surface area contributed by atoms with Crippen LogP contribution in [0.25, 0.3) is 28.3 Å². The molecule has 0 unspecified atom stereocenters. The molecule has 0 bridgehead atoms. The summed E-state index contributed by atoms with van der Waals surface area (Å²) in [5.74, 6) is 1.02. The highest BCUT2D eigenvalue weighted by Gasteiger charge is 2.12. The van der Waals surface area contributed by atoms with Gasteiger partial charge >= 0.3 is 0 Å². The Morgan fingerprint density at radius 1 is 0.946 bits per heavy atom. The number of nitrogens with zero attached hydrogens (tertiary/aromatic N) is 6. The molecule has 0 aliphatic heterocycles. The van der Waals surface area contributed by atoms with Crippen LogP contribution in [0.5, 0.6) is 5.75 Å². The Balaban J connectivity index is 1.29. The van der Waals surface area contributed by atoms with E-state index in [9.17, 15) is 4.79 Å². The van der Waals surface area contributed by atoms with Gasteiger partial charge in [-0.3, -0.25) is 9.78 Å². The van der Waals surface area contributed by atoms with Gasteiger partial charge in [0.1, 0.15) is 5.75 Å². The predicted molar refractivity (Wildman–Crippen MR) is 144 cm³/mol. The second-order valence-corrected chi connectivity index (χ2v) is 8.34. The van der Waals surface area contributed by atoms with Crippen molar-refractivity contribution in [3.63, 3.8) is 0 Å². The predicted octanol–water partition coefficient (Wildman–Crippen LogP) is 4.72. The quantitative estimate of drug-likeness (QED) is 0.317. The molecule has 0 saturated heterocycles. The molecule has 9 heteroatoms. The van der Waals surface area contributed by atoms with Crippen LogP contribution in [0.15, 0.2) is 85.2 Å². The van der Waals surface area contributed by atoms with Crippen LogP contribution < -0.4 is 15.0 Å². The van der Waals surface area contributed by atoms with Crippen LogP contribution in [0, 0.1) is 0 Å². The van der Waals surface area contributed by atoms with E-state index in [-0.39, 0.29) is 12.5 Å². The van der Waals surface area contributed by atoms with Crippen molar-refractivity contribution in [1.29, 1.82) is 0 Å². The summed E-state index contributed by atoms with van der Waals surface area (Å²) < 4.78 is 7.45. The van der Waals surface area contributed by atoms with Gasteiger partial charge in [0.2, 0.25) is 0 Å². The number of nitrogens with one attached hydrogen (secondary N) is 1. The topological polar surface area (TPSA) is 97.5 Å². The molecule has 0 fully saturated rings. The lowest BCUT2D eigenvalue weighted by Gasteiger charge is -2.21. The van der Waals surface area contributed by atoms with Crippen LogP contribution in [0.1, 0.15) is 13.8 Å². The third kappa shape index (κ3) is 5.40. The van der Waals surface area contributed by atoms with Gasteiger partial charge in [-0.25, -0.2) is 0 Å². The number of carbonyl (C=O) groups is 1. The number of rotatable bonds is 9. The fraction of sp³-hybridized carbons (Fsp3) is 0.179. The van der Waals surface area contributed by atoms with Crippen LogP contribution in [0.2, 0.25) is 0 Å². The van der Waals surface area contributed by atoms with E-state index >= 15 is 0 Å². The second kappa shape index (κ2) is 10.9. The maximum absolute atomic E-state index is 12.6. The van der Waals surface area contributed by atoms with Gasteiger partial charge in [-0.15, -0.1) is 10.2 Å². The van der Waals surface area contributed by atoms with Gasteiger partial charge in [-0.1, -0.05) is 18.2 Å². The lowest BCUT2D eigenvalue weighted by Crippen LogP contribution is -2.22. The molecule has 3 aromatic heterocycles. The highest BCUT2D eigenvalue weighted by Crippen LogP contribution is 2.24. The molecule has 0 aliphatic carbocycles. The second-order valence-electron chi connectivity index (χ2n) is 8.34. The number of hydrogen-bond acceptors (Lipinski definition) is 7. The minimum absolute atomic E-state index is 0.0919. The summed E-state index contributed by atoms with van der Waals surface area (Å²) in [6.45, 7) is 5.93. The number of anilines is 2. The zero-order valence-electron chi connectivity index (χ0n) is 20.7. The molecule has 5 rings (SSSR count). The number of pyridine rings is 1. The first-order valence-electron chi connectivity index (χ1n) is 12.2. The SMILES string of the molecule is CCN(CC)c1cccc(OCC(=O)Nc2cccc(-c3ccc4nnc(-c5cccnc5)n4n3)c2)c1. The highest BCUT2D eigenvalue weighted by molar-refractivity contribution is 5.92. The van der Waals surface area contributed by atoms with E-state index in [4.69, 9.17) is 9.84 Å². The number of carbonyl (C=O) groups excluding carboxylic acids is 1. The van der Waals surface area contributed by atoms with Crippen molar-refractivity contribution < 1.29 is 9.53 Å². The molecule has 1 N–H and O–H groups in total. The first kappa shape index (κ1) is 23.9. The number of benzene rings is 2. The molecule has 0 atom stereocenters. The van der Waals surface area contributed by atoms with E-state index in [1.165, 1.54) is 0 Å². The van der Waals surface area contributed by atoms with E-state index in [1.807, 2.05) is 72.8 Å². The molecular weight excluding hydrogens is 466 g/mol. The summed E-state index contributed by atoms with van der Waals surface area (Å²) in [4.78, 5) is 19.0. The summed E-state index contributed by atoms with van der Waals surface area (Å²) in [7, 11) is 0. The zero-order valence-corrected chi connectivity index (χ0v) is 20.7. The molecule has 2 aromatic carbocycles. The third-order valence-electron chi connectivity index (χ3n) is 5.94. The zero-order chi connectivity index (χ0) is 25.6. The van der Waals surface area contributed by atoms with Gasteiger partial charge in [0.15, 0.2) is 18.1 Å². The van der Waals surface area contributed by atoms with Crippen LogP contribution in [0.4, 0.5) is 11.4 Å². The lowest BCUT2D eigenvalue weighted by atomic mass is 10.1. The molecule has 3 heterocycles. The molecule has 5 aromatic rings. The standard InChI is InChI=1S/C28H27N7O2/c1-3-34(4-2)23-11-6-12-24(17-23)37-19-27(36)30-22-10-5-8-20(16-22)25-13-14-26-31-32-28(35(26)33-25)21-9-7-15-29-18-21/h5-18H,3-4,19H2,1-2H3,(H,30,36). The highest BCUT2D eigenvalue weighted by atomic mass is 16.5. The Labute approximate surface area is 214 Å². The summed E-state index contributed by atoms with van der Waals surface area (Å²) in [5.41, 5.74) is 4.75. The van der Waals surface area contributed by atoms with Gasteiger partial charge < -0.3 is 15.0 Å². The number of amides is 1. The lowest BCUT2D eigenvalue weighted by molar-refractivity contribution is -0.118. The van der Waals surface area contributed by atoms with E-state index in [2.05, 4.69) is 39.2 Å². The monoisotopic (exact) mass is 493 g/mol. The summed E-state index contributed by atoms with van der Waals surface area (Å²) in [6, 6.07) is 22.8. The van der Waals surface area contributed by atoms with Gasteiger partial charge in [0, 0.05) is 54.1 Å². The van der Waals surface area contributed by atoms with E-state index in [0.29, 0.717) is 22.9 Å². The molecule has 0 radical (unpaired) electrons. The number of hydrogen-bond donors (Lipinski definition) is 1. The summed E-state index contributed by atoms with van der Waals surface area (Å²) >= 11 is 0. The Bertz CT molecular complexity index is 1510. The van der Waals surface area contributed by atoms with Crippen molar-refractivity contribution in [2.75, 3.05) is 29.9 Å². The van der Waals surface area contributed by atoms with E-state index in [1.54, 1.807) is 16.9 Å². The van der Waals surface area contributed by atoms with Crippen LogP contribution in [-0.4, -0.2) is 50.4 Å².